The number of aromatic carboxylic acids is 1. The Kier molecular flexibility index (Phi) is 8.07. The van der Waals surface area contributed by atoms with Crippen LogP contribution in [0.1, 0.15) is 36.1 Å². The molecule has 5 aromatic rings. The van der Waals surface area contributed by atoms with Crippen LogP contribution in [0, 0.1) is 0 Å². The maximum atomic E-state index is 11.1. The van der Waals surface area contributed by atoms with Crippen molar-refractivity contribution in [2.24, 2.45) is 0 Å². The third kappa shape index (κ3) is 5.88. The van der Waals surface area contributed by atoms with Gasteiger partial charge in [-0.3, -0.25) is 4.57 Å². The molecule has 0 bridgehead atoms. The lowest BCUT2D eigenvalue weighted by Crippen LogP contribution is -2.02. The average molecular weight is 541 g/mol. The van der Waals surface area contributed by atoms with Gasteiger partial charge in [-0.2, -0.15) is 0 Å². The summed E-state index contributed by atoms with van der Waals surface area (Å²) in [5.41, 5.74) is 3.56. The number of benzene rings is 2. The maximum Gasteiger partial charge on any atom is 0.371 e. The number of nitrogens with zero attached hydrogens (tertiary/aromatic N) is 4. The van der Waals surface area contributed by atoms with Gasteiger partial charge >= 0.3 is 5.97 Å². The molecule has 0 spiro atoms. The summed E-state index contributed by atoms with van der Waals surface area (Å²) in [4.78, 5) is 16.1. The number of rotatable bonds is 12. The van der Waals surface area contributed by atoms with Crippen LogP contribution in [0.4, 0.5) is 0 Å². The minimum atomic E-state index is -1.10. The highest BCUT2D eigenvalue weighted by Gasteiger charge is 2.19. The molecule has 3 heterocycles. The molecular weight excluding hydrogens is 512 g/mol. The van der Waals surface area contributed by atoms with Gasteiger partial charge in [0.15, 0.2) is 11.0 Å². The number of fused-ring (bicyclic) bond motifs is 1. The van der Waals surface area contributed by atoms with Crippen molar-refractivity contribution in [3.8, 4) is 28.4 Å². The molecule has 0 atom stereocenters. The molecule has 2 aromatic carbocycles. The standard InChI is InChI=1S/C30H28N4O4S/c1-3-5-17-37-21-12-10-20(11-13-21)26-18-24(23-8-6-7-9-25(23)31-26)28-32-33-30(34(28)16-4-2)39-19-22-14-15-27(38-22)29(35)36/h4,6-15,18H,2-3,5,16-17,19H2,1H3,(H,35,36). The zero-order chi connectivity index (χ0) is 27.2. The SMILES string of the molecule is C=CCn1c(SCc2ccc(C(=O)O)o2)nnc1-c1cc(-c2ccc(OCCCC)cc2)nc2ccccc12. The maximum absolute atomic E-state index is 11.1. The second-order valence-corrected chi connectivity index (χ2v) is 9.81. The van der Waals surface area contributed by atoms with Gasteiger partial charge in [-0.25, -0.2) is 9.78 Å². The Morgan fingerprint density at radius 2 is 1.95 bits per heavy atom. The zero-order valence-corrected chi connectivity index (χ0v) is 22.4. The summed E-state index contributed by atoms with van der Waals surface area (Å²) in [5, 5.41) is 19.8. The molecule has 9 heteroatoms. The van der Waals surface area contributed by atoms with Crippen molar-refractivity contribution >= 4 is 28.6 Å². The second-order valence-electron chi connectivity index (χ2n) is 8.86. The lowest BCUT2D eigenvalue weighted by atomic mass is 10.0. The van der Waals surface area contributed by atoms with Gasteiger partial charge in [0.2, 0.25) is 5.76 Å². The van der Waals surface area contributed by atoms with Crippen LogP contribution in [0.3, 0.4) is 0 Å². The van der Waals surface area contributed by atoms with Crippen molar-refractivity contribution in [1.29, 1.82) is 0 Å². The number of carbonyl (C=O) groups is 1. The first-order valence-corrected chi connectivity index (χ1v) is 13.7. The van der Waals surface area contributed by atoms with Crippen LogP contribution in [0.25, 0.3) is 33.5 Å². The monoisotopic (exact) mass is 540 g/mol. The fourth-order valence-electron chi connectivity index (χ4n) is 4.16. The molecule has 0 amide bonds. The number of hydrogen-bond acceptors (Lipinski definition) is 7. The number of thioether (sulfide) groups is 1. The number of hydrogen-bond donors (Lipinski definition) is 1. The van der Waals surface area contributed by atoms with Crippen LogP contribution in [0.5, 0.6) is 5.75 Å². The summed E-state index contributed by atoms with van der Waals surface area (Å²) < 4.78 is 13.2. The van der Waals surface area contributed by atoms with E-state index in [1.165, 1.54) is 17.8 Å². The summed E-state index contributed by atoms with van der Waals surface area (Å²) in [6, 6.07) is 21.1. The van der Waals surface area contributed by atoms with E-state index < -0.39 is 5.97 Å². The Bertz CT molecular complexity index is 1610. The van der Waals surface area contributed by atoms with Crippen LogP contribution < -0.4 is 4.74 Å². The highest BCUT2D eigenvalue weighted by Crippen LogP contribution is 2.34. The molecule has 1 N–H and O–H groups in total. The van der Waals surface area contributed by atoms with Crippen molar-refractivity contribution in [3.63, 3.8) is 0 Å². The number of furan rings is 1. The first kappa shape index (κ1) is 26.2. The molecule has 3 aromatic heterocycles. The number of unbranched alkanes of at least 4 members (excludes halogenated alkanes) is 1. The third-order valence-corrected chi connectivity index (χ3v) is 7.11. The molecule has 0 aliphatic rings. The van der Waals surface area contributed by atoms with Crippen LogP contribution in [0.15, 0.2) is 89.0 Å². The number of aromatic nitrogens is 4. The smallest absolute Gasteiger partial charge is 0.371 e. The van der Waals surface area contributed by atoms with E-state index in [1.54, 1.807) is 12.1 Å². The van der Waals surface area contributed by atoms with Crippen LogP contribution >= 0.6 is 11.8 Å². The van der Waals surface area contributed by atoms with Gasteiger partial charge in [0.25, 0.3) is 0 Å². The van der Waals surface area contributed by atoms with Gasteiger partial charge < -0.3 is 14.3 Å². The van der Waals surface area contributed by atoms with Gasteiger partial charge in [0, 0.05) is 23.1 Å². The summed E-state index contributed by atoms with van der Waals surface area (Å²) >= 11 is 1.42. The van der Waals surface area contributed by atoms with E-state index in [-0.39, 0.29) is 5.76 Å². The minimum absolute atomic E-state index is 0.0878. The zero-order valence-electron chi connectivity index (χ0n) is 21.5. The average Bonchev–Trinajstić information content (AvgIpc) is 3.59. The minimum Gasteiger partial charge on any atom is -0.494 e. The molecule has 5 rings (SSSR count). The summed E-state index contributed by atoms with van der Waals surface area (Å²) in [5.74, 6) is 1.32. The lowest BCUT2D eigenvalue weighted by Gasteiger charge is -2.12. The van der Waals surface area contributed by atoms with Crippen LogP contribution in [0.2, 0.25) is 0 Å². The number of pyridine rings is 1. The summed E-state index contributed by atoms with van der Waals surface area (Å²) in [6.45, 7) is 7.26. The fraction of sp³-hybridized carbons (Fsp3) is 0.200. The van der Waals surface area contributed by atoms with Crippen molar-refractivity contribution < 1.29 is 19.1 Å². The number of carboxylic acid groups (broad SMARTS) is 1. The number of allylic oxidation sites excluding steroid dienone is 1. The number of para-hydroxylation sites is 1. The van der Waals surface area contributed by atoms with Gasteiger partial charge in [-0.1, -0.05) is 49.4 Å². The van der Waals surface area contributed by atoms with E-state index in [4.69, 9.17) is 19.2 Å². The predicted octanol–water partition coefficient (Wildman–Crippen LogP) is 7.11. The Morgan fingerprint density at radius 1 is 1.13 bits per heavy atom. The first-order chi connectivity index (χ1) is 19.1. The fourth-order valence-corrected chi connectivity index (χ4v) is 5.00. The summed E-state index contributed by atoms with van der Waals surface area (Å²) in [7, 11) is 0. The van der Waals surface area contributed by atoms with Crippen molar-refractivity contribution in [2.75, 3.05) is 6.61 Å². The highest BCUT2D eigenvalue weighted by atomic mass is 32.2. The Morgan fingerprint density at radius 3 is 2.69 bits per heavy atom. The van der Waals surface area contributed by atoms with E-state index >= 15 is 0 Å². The summed E-state index contributed by atoms with van der Waals surface area (Å²) in [6.07, 6.45) is 3.91. The van der Waals surface area contributed by atoms with E-state index in [2.05, 4.69) is 23.7 Å². The highest BCUT2D eigenvalue weighted by molar-refractivity contribution is 7.98. The number of carboxylic acids is 1. The molecule has 39 heavy (non-hydrogen) atoms. The third-order valence-electron chi connectivity index (χ3n) is 6.12. The molecular formula is C30H28N4O4S. The topological polar surface area (TPSA) is 103 Å². The molecule has 0 fully saturated rings. The van der Waals surface area contributed by atoms with Gasteiger partial charge in [0.05, 0.1) is 23.6 Å². The van der Waals surface area contributed by atoms with Crippen molar-refractivity contribution in [2.45, 2.75) is 37.2 Å². The second kappa shape index (κ2) is 12.0. The van der Waals surface area contributed by atoms with E-state index in [1.807, 2.05) is 59.2 Å². The molecule has 0 unspecified atom stereocenters. The molecule has 0 aliphatic carbocycles. The molecule has 8 nitrogen and oxygen atoms in total. The largest absolute Gasteiger partial charge is 0.494 e. The lowest BCUT2D eigenvalue weighted by molar-refractivity contribution is 0.0661. The normalized spacial score (nSPS) is 11.1. The predicted molar refractivity (Wildman–Crippen MR) is 152 cm³/mol. The van der Waals surface area contributed by atoms with Crippen molar-refractivity contribution in [3.05, 3.63) is 90.9 Å². The van der Waals surface area contributed by atoms with E-state index in [0.29, 0.717) is 35.6 Å². The molecule has 0 saturated heterocycles. The van der Waals surface area contributed by atoms with Crippen LogP contribution in [-0.4, -0.2) is 37.4 Å². The molecule has 198 valence electrons. The Hall–Kier alpha value is -4.37. The van der Waals surface area contributed by atoms with Crippen LogP contribution in [-0.2, 0) is 12.3 Å². The quantitative estimate of drug-likeness (QED) is 0.101. The Labute approximate surface area is 230 Å². The first-order valence-electron chi connectivity index (χ1n) is 12.7. The van der Waals surface area contributed by atoms with Gasteiger partial charge in [0.1, 0.15) is 11.5 Å². The Balaban J connectivity index is 1.49. The van der Waals surface area contributed by atoms with Crippen molar-refractivity contribution in [1.82, 2.24) is 19.7 Å². The van der Waals surface area contributed by atoms with Gasteiger partial charge in [-0.15, -0.1) is 16.8 Å². The van der Waals surface area contributed by atoms with Gasteiger partial charge in [-0.05, 0) is 55.0 Å². The van der Waals surface area contributed by atoms with E-state index in [0.717, 1.165) is 46.3 Å². The molecule has 0 saturated carbocycles. The number of ether oxygens (including phenoxy) is 1. The molecule has 0 aliphatic heterocycles. The van der Waals surface area contributed by atoms with E-state index in [9.17, 15) is 4.79 Å². The molecule has 0 radical (unpaired) electrons.